The molecule has 2 heterocycles. The van der Waals surface area contributed by atoms with Gasteiger partial charge in [0, 0.05) is 12.5 Å². The van der Waals surface area contributed by atoms with Crippen molar-refractivity contribution in [2.45, 2.75) is 51.5 Å². The molecule has 0 spiro atoms. The third-order valence-electron chi connectivity index (χ3n) is 3.44. The molecule has 2 atom stereocenters. The molecule has 1 fully saturated rings. The van der Waals surface area contributed by atoms with E-state index in [4.69, 9.17) is 9.26 Å². The highest BCUT2D eigenvalue weighted by atomic mass is 16.5. The number of aromatic nitrogens is 2. The highest BCUT2D eigenvalue weighted by Crippen LogP contribution is 2.25. The molecule has 0 aromatic carbocycles. The van der Waals surface area contributed by atoms with Crippen molar-refractivity contribution in [2.24, 2.45) is 0 Å². The molecular weight excluding hydrogens is 230 g/mol. The normalized spacial score (nSPS) is 22.0. The first-order valence-corrected chi connectivity index (χ1v) is 6.99. The van der Waals surface area contributed by atoms with Crippen LogP contribution in [0.5, 0.6) is 0 Å². The average molecular weight is 253 g/mol. The van der Waals surface area contributed by atoms with Crippen LogP contribution in [0.2, 0.25) is 0 Å². The van der Waals surface area contributed by atoms with Crippen molar-refractivity contribution in [1.29, 1.82) is 0 Å². The topological polar surface area (TPSA) is 60.2 Å². The third kappa shape index (κ3) is 3.29. The number of hydrogen-bond donors (Lipinski definition) is 1. The third-order valence-corrected chi connectivity index (χ3v) is 3.44. The molecule has 0 radical (unpaired) electrons. The summed E-state index contributed by atoms with van der Waals surface area (Å²) in [6.07, 6.45) is 4.59. The van der Waals surface area contributed by atoms with Crippen molar-refractivity contribution in [3.05, 3.63) is 11.7 Å². The van der Waals surface area contributed by atoms with Crippen LogP contribution in [0.25, 0.3) is 0 Å². The van der Waals surface area contributed by atoms with E-state index in [1.807, 2.05) is 0 Å². The molecule has 2 unspecified atom stereocenters. The van der Waals surface area contributed by atoms with Crippen LogP contribution in [0.3, 0.4) is 0 Å². The van der Waals surface area contributed by atoms with Gasteiger partial charge in [0.05, 0.1) is 19.3 Å². The number of nitrogens with one attached hydrogen (secondary N) is 1. The Kier molecular flexibility index (Phi) is 5.13. The Morgan fingerprint density at radius 1 is 1.44 bits per heavy atom. The van der Waals surface area contributed by atoms with Crippen LogP contribution in [0.4, 0.5) is 0 Å². The van der Waals surface area contributed by atoms with E-state index in [1.165, 1.54) is 12.8 Å². The molecule has 1 aromatic heterocycles. The Morgan fingerprint density at radius 3 is 3.00 bits per heavy atom. The van der Waals surface area contributed by atoms with Gasteiger partial charge in [-0.05, 0) is 12.8 Å². The van der Waals surface area contributed by atoms with E-state index in [0.29, 0.717) is 12.5 Å². The number of nitrogens with zero attached hydrogens (tertiary/aromatic N) is 2. The van der Waals surface area contributed by atoms with Crippen LogP contribution in [0.1, 0.15) is 63.2 Å². The van der Waals surface area contributed by atoms with Crippen molar-refractivity contribution >= 4 is 0 Å². The molecule has 0 aliphatic carbocycles. The zero-order valence-corrected chi connectivity index (χ0v) is 11.3. The maximum Gasteiger partial charge on any atom is 0.229 e. The van der Waals surface area contributed by atoms with Crippen molar-refractivity contribution in [3.63, 3.8) is 0 Å². The van der Waals surface area contributed by atoms with Crippen LogP contribution in [0.15, 0.2) is 4.52 Å². The SMILES string of the molecule is CCCCC(CC)c1nc(C2COCCN2)no1. The maximum atomic E-state index is 5.41. The predicted octanol–water partition coefficient (Wildman–Crippen LogP) is 2.41. The van der Waals surface area contributed by atoms with E-state index in [0.717, 1.165) is 37.7 Å². The fourth-order valence-electron chi connectivity index (χ4n) is 2.24. The number of unbranched alkanes of at least 4 members (excludes halogenated alkanes) is 1. The summed E-state index contributed by atoms with van der Waals surface area (Å²) in [5.74, 6) is 1.92. The van der Waals surface area contributed by atoms with Gasteiger partial charge < -0.3 is 14.6 Å². The first-order chi connectivity index (χ1) is 8.85. The minimum Gasteiger partial charge on any atom is -0.378 e. The number of ether oxygens (including phenoxy) is 1. The summed E-state index contributed by atoms with van der Waals surface area (Å²) in [6, 6.07) is 0.0833. The van der Waals surface area contributed by atoms with Crippen molar-refractivity contribution in [3.8, 4) is 0 Å². The lowest BCUT2D eigenvalue weighted by molar-refractivity contribution is 0.0734. The van der Waals surface area contributed by atoms with Crippen LogP contribution in [-0.2, 0) is 4.74 Å². The van der Waals surface area contributed by atoms with Crippen LogP contribution >= 0.6 is 0 Å². The Labute approximate surface area is 108 Å². The fourth-order valence-corrected chi connectivity index (χ4v) is 2.24. The number of morpholine rings is 1. The Morgan fingerprint density at radius 2 is 2.33 bits per heavy atom. The van der Waals surface area contributed by atoms with Gasteiger partial charge in [-0.1, -0.05) is 31.8 Å². The highest BCUT2D eigenvalue weighted by molar-refractivity contribution is 4.99. The van der Waals surface area contributed by atoms with E-state index in [2.05, 4.69) is 29.3 Å². The van der Waals surface area contributed by atoms with E-state index in [9.17, 15) is 0 Å². The lowest BCUT2D eigenvalue weighted by atomic mass is 9.99. The largest absolute Gasteiger partial charge is 0.378 e. The molecule has 5 nitrogen and oxygen atoms in total. The van der Waals surface area contributed by atoms with E-state index < -0.39 is 0 Å². The molecule has 2 rings (SSSR count). The summed E-state index contributed by atoms with van der Waals surface area (Å²) in [5, 5.41) is 7.43. The van der Waals surface area contributed by atoms with Gasteiger partial charge in [0.25, 0.3) is 0 Å². The van der Waals surface area contributed by atoms with E-state index in [1.54, 1.807) is 0 Å². The maximum absolute atomic E-state index is 5.41. The second-order valence-electron chi connectivity index (χ2n) is 4.82. The second-order valence-corrected chi connectivity index (χ2v) is 4.82. The summed E-state index contributed by atoms with van der Waals surface area (Å²) in [7, 11) is 0. The average Bonchev–Trinajstić information content (AvgIpc) is 2.90. The monoisotopic (exact) mass is 253 g/mol. The second kappa shape index (κ2) is 6.85. The minimum atomic E-state index is 0.0833. The number of hydrogen-bond acceptors (Lipinski definition) is 5. The quantitative estimate of drug-likeness (QED) is 0.843. The van der Waals surface area contributed by atoms with Crippen LogP contribution in [0, 0.1) is 0 Å². The summed E-state index contributed by atoms with van der Waals surface area (Å²) < 4.78 is 10.8. The summed E-state index contributed by atoms with van der Waals surface area (Å²) in [5.41, 5.74) is 0. The highest BCUT2D eigenvalue weighted by Gasteiger charge is 2.23. The van der Waals surface area contributed by atoms with Crippen molar-refractivity contribution in [2.75, 3.05) is 19.8 Å². The number of rotatable bonds is 6. The van der Waals surface area contributed by atoms with Gasteiger partial charge in [-0.2, -0.15) is 4.98 Å². The van der Waals surface area contributed by atoms with Gasteiger partial charge in [-0.25, -0.2) is 0 Å². The fraction of sp³-hybridized carbons (Fsp3) is 0.846. The first-order valence-electron chi connectivity index (χ1n) is 6.99. The van der Waals surface area contributed by atoms with Crippen molar-refractivity contribution in [1.82, 2.24) is 15.5 Å². The van der Waals surface area contributed by atoms with Crippen LogP contribution < -0.4 is 5.32 Å². The molecule has 1 saturated heterocycles. The standard InChI is InChI=1S/C13H23N3O2/c1-3-5-6-10(4-2)13-15-12(16-18-13)11-9-17-8-7-14-11/h10-11,14H,3-9H2,1-2H3. The lowest BCUT2D eigenvalue weighted by Gasteiger charge is -2.20. The molecule has 18 heavy (non-hydrogen) atoms. The Balaban J connectivity index is 1.98. The molecule has 102 valence electrons. The molecule has 0 bridgehead atoms. The van der Waals surface area contributed by atoms with Gasteiger partial charge in [0.1, 0.15) is 0 Å². The van der Waals surface area contributed by atoms with Crippen molar-refractivity contribution < 1.29 is 9.26 Å². The molecule has 1 aliphatic rings. The minimum absolute atomic E-state index is 0.0833. The Bertz CT molecular complexity index is 348. The van der Waals surface area contributed by atoms with Crippen LogP contribution in [-0.4, -0.2) is 29.9 Å². The first kappa shape index (κ1) is 13.5. The zero-order valence-electron chi connectivity index (χ0n) is 11.3. The molecule has 1 N–H and O–H groups in total. The molecular formula is C13H23N3O2. The van der Waals surface area contributed by atoms with Gasteiger partial charge in [0.15, 0.2) is 5.82 Å². The van der Waals surface area contributed by atoms with Gasteiger partial charge in [-0.3, -0.25) is 0 Å². The zero-order chi connectivity index (χ0) is 12.8. The van der Waals surface area contributed by atoms with E-state index in [-0.39, 0.29) is 6.04 Å². The summed E-state index contributed by atoms with van der Waals surface area (Å²) >= 11 is 0. The predicted molar refractivity (Wildman–Crippen MR) is 68.4 cm³/mol. The van der Waals surface area contributed by atoms with Gasteiger partial charge in [-0.15, -0.1) is 0 Å². The smallest absolute Gasteiger partial charge is 0.229 e. The van der Waals surface area contributed by atoms with E-state index >= 15 is 0 Å². The molecule has 0 amide bonds. The van der Waals surface area contributed by atoms with Gasteiger partial charge >= 0.3 is 0 Å². The van der Waals surface area contributed by atoms with Gasteiger partial charge in [0.2, 0.25) is 5.89 Å². The lowest BCUT2D eigenvalue weighted by Crippen LogP contribution is -2.35. The summed E-state index contributed by atoms with van der Waals surface area (Å²) in [4.78, 5) is 4.54. The molecule has 1 aromatic rings. The molecule has 0 saturated carbocycles. The summed E-state index contributed by atoms with van der Waals surface area (Å²) in [6.45, 7) is 6.61. The molecule has 5 heteroatoms. The molecule has 1 aliphatic heterocycles. The Hall–Kier alpha value is -0.940.